The van der Waals surface area contributed by atoms with Gasteiger partial charge in [-0.15, -0.1) is 0 Å². The van der Waals surface area contributed by atoms with Gasteiger partial charge in [-0.2, -0.15) is 0 Å². The average molecular weight is 644 g/mol. The summed E-state index contributed by atoms with van der Waals surface area (Å²) in [5.41, 5.74) is 2.66. The summed E-state index contributed by atoms with van der Waals surface area (Å²) in [6.07, 6.45) is 9.82. The standard InChI is InChI=1S/C14H19O2.C12H18O.F6P.Ru/c1-10-8-11(2)13(9-10)14(15)16-12-6-4-3-5-7-12;1-9-6-7-10(12(2,3)4)11(8-9)13-5;1-7(2,3,4,5)6;/h8-9,12H,3-7H2,1-2H3;6-8H,1-5H3;;/q;;-1;+2. The Balaban J connectivity index is 0.000000558. The maximum atomic E-state index is 11.9. The minimum atomic E-state index is -10.7. The molecule has 2 aliphatic carbocycles. The summed E-state index contributed by atoms with van der Waals surface area (Å²) in [4.78, 5) is 11.9. The molecule has 0 saturated heterocycles. The van der Waals surface area contributed by atoms with Crippen molar-refractivity contribution in [3.8, 4) is 5.75 Å². The maximum Gasteiger partial charge on any atom is 2.00 e. The van der Waals surface area contributed by atoms with E-state index in [0.29, 0.717) is 0 Å². The molecule has 0 unspecified atom stereocenters. The van der Waals surface area contributed by atoms with Crippen molar-refractivity contribution in [3.05, 3.63) is 59.9 Å². The van der Waals surface area contributed by atoms with Crippen LogP contribution in [0.15, 0.2) is 18.2 Å². The first-order valence-corrected chi connectivity index (χ1v) is 13.8. The summed E-state index contributed by atoms with van der Waals surface area (Å²) in [6, 6.07) is 6.36. The number of rotatable bonds is 3. The number of aryl methyl sites for hydroxylation is 1. The van der Waals surface area contributed by atoms with Gasteiger partial charge in [0.25, 0.3) is 0 Å². The normalized spacial score (nSPS) is 19.7. The molecule has 0 N–H and O–H groups in total. The van der Waals surface area contributed by atoms with Crippen LogP contribution < -0.4 is 4.74 Å². The molecule has 5 radical (unpaired) electrons. The van der Waals surface area contributed by atoms with E-state index in [2.05, 4.69) is 45.9 Å². The van der Waals surface area contributed by atoms with Crippen molar-refractivity contribution in [1.29, 1.82) is 0 Å². The molecule has 0 bridgehead atoms. The van der Waals surface area contributed by atoms with E-state index in [1.54, 1.807) is 7.11 Å². The Labute approximate surface area is 230 Å². The first kappa shape index (κ1) is 36.1. The second-order valence-corrected chi connectivity index (χ2v) is 12.1. The van der Waals surface area contributed by atoms with Gasteiger partial charge in [-0.05, 0) is 79.9 Å². The van der Waals surface area contributed by atoms with Crippen LogP contribution in [0, 0.1) is 37.5 Å². The van der Waals surface area contributed by atoms with Crippen molar-refractivity contribution < 1.29 is 58.9 Å². The van der Waals surface area contributed by atoms with Crippen LogP contribution in [-0.2, 0) is 34.4 Å². The summed E-state index contributed by atoms with van der Waals surface area (Å²) >= 11 is 0. The fourth-order valence-electron chi connectivity index (χ4n) is 3.84. The van der Waals surface area contributed by atoms with Gasteiger partial charge in [0, 0.05) is 0 Å². The molecule has 213 valence electrons. The van der Waals surface area contributed by atoms with E-state index in [1.807, 2.05) is 26.7 Å². The first-order valence-electron chi connectivity index (χ1n) is 11.7. The molecule has 1 aromatic rings. The molecule has 0 atom stereocenters. The number of carbonyl (C=O) groups is 1. The molecule has 0 aliphatic heterocycles. The van der Waals surface area contributed by atoms with E-state index >= 15 is 0 Å². The number of esters is 1. The van der Waals surface area contributed by atoms with Crippen LogP contribution >= 0.6 is 7.81 Å². The van der Waals surface area contributed by atoms with E-state index in [4.69, 9.17) is 9.47 Å². The van der Waals surface area contributed by atoms with Gasteiger partial charge in [-0.3, -0.25) is 4.79 Å². The molecule has 2 fully saturated rings. The number of carbonyl (C=O) groups excluding carboxylic acids is 1. The van der Waals surface area contributed by atoms with Crippen molar-refractivity contribution in [2.45, 2.75) is 85.2 Å². The number of benzene rings is 1. The smallest absolute Gasteiger partial charge is 2.00 e. The van der Waals surface area contributed by atoms with Gasteiger partial charge in [0.05, 0.1) is 13.0 Å². The first-order chi connectivity index (χ1) is 16.1. The van der Waals surface area contributed by atoms with E-state index in [-0.39, 0.29) is 37.0 Å². The van der Waals surface area contributed by atoms with Crippen molar-refractivity contribution in [2.24, 2.45) is 0 Å². The van der Waals surface area contributed by atoms with Crippen LogP contribution in [0.4, 0.5) is 25.2 Å². The van der Waals surface area contributed by atoms with Crippen molar-refractivity contribution in [2.75, 3.05) is 7.11 Å². The number of ether oxygens (including phenoxy) is 2. The molecule has 3 nitrogen and oxygen atoms in total. The SMILES string of the molecule is COc1cc(C)ccc1C(C)(C)C.C[C]1[CH][C](C)[C](C(=O)OC2CCCCC2)[CH]1.F[P-](F)(F)(F)(F)F.[Ru+2]. The molecule has 1 aromatic carbocycles. The molecule has 37 heavy (non-hydrogen) atoms. The molecule has 0 aromatic heterocycles. The Kier molecular flexibility index (Phi) is 12.7. The van der Waals surface area contributed by atoms with Crippen LogP contribution in [0.5, 0.6) is 5.75 Å². The zero-order valence-corrected chi connectivity index (χ0v) is 24.9. The molecule has 2 aliphatic rings. The molecular weight excluding hydrogens is 606 g/mol. The second-order valence-electron chi connectivity index (χ2n) is 10.2. The van der Waals surface area contributed by atoms with Crippen molar-refractivity contribution in [3.63, 3.8) is 0 Å². The summed E-state index contributed by atoms with van der Waals surface area (Å²) in [6.45, 7) is 12.6. The molecule has 0 amide bonds. The molecule has 3 rings (SSSR count). The monoisotopic (exact) mass is 644 g/mol. The van der Waals surface area contributed by atoms with Crippen LogP contribution in [0.2, 0.25) is 0 Å². The zero-order chi connectivity index (χ0) is 28.0. The van der Waals surface area contributed by atoms with Crippen molar-refractivity contribution in [1.82, 2.24) is 0 Å². The van der Waals surface area contributed by atoms with Crippen LogP contribution in [0.1, 0.15) is 77.8 Å². The van der Waals surface area contributed by atoms with E-state index < -0.39 is 7.81 Å². The minimum absolute atomic E-state index is 0. The fourth-order valence-corrected chi connectivity index (χ4v) is 3.84. The minimum Gasteiger partial charge on any atom is 2.00 e. The van der Waals surface area contributed by atoms with Gasteiger partial charge in [0.1, 0.15) is 11.9 Å². The number of hydrogen-bond acceptors (Lipinski definition) is 3. The molecule has 2 saturated carbocycles. The fraction of sp³-hybridized carbons (Fsp3) is 0.538. The topological polar surface area (TPSA) is 35.5 Å². The molecule has 0 spiro atoms. The summed E-state index contributed by atoms with van der Waals surface area (Å²) in [7, 11) is -8.93. The Morgan fingerprint density at radius 2 is 1.43 bits per heavy atom. The third-order valence-electron chi connectivity index (χ3n) is 5.45. The third-order valence-corrected chi connectivity index (χ3v) is 5.45. The van der Waals surface area contributed by atoms with Crippen molar-refractivity contribution >= 4 is 13.8 Å². The van der Waals surface area contributed by atoms with Gasteiger partial charge in [-0.25, -0.2) is 0 Å². The quantitative estimate of drug-likeness (QED) is 0.142. The Morgan fingerprint density at radius 1 is 0.919 bits per heavy atom. The molecule has 11 heteroatoms. The van der Waals surface area contributed by atoms with Crippen LogP contribution in [0.3, 0.4) is 0 Å². The summed E-state index contributed by atoms with van der Waals surface area (Å²) in [5, 5.41) is 0. The predicted octanol–water partition coefficient (Wildman–Crippen LogP) is 9.73. The Bertz CT molecular complexity index is 854. The van der Waals surface area contributed by atoms with E-state index in [1.165, 1.54) is 30.4 Å². The average Bonchev–Trinajstić information content (AvgIpc) is 3.04. The van der Waals surface area contributed by atoms with Gasteiger partial charge in [-0.1, -0.05) is 53.2 Å². The number of hydrogen-bond donors (Lipinski definition) is 0. The third kappa shape index (κ3) is 16.6. The number of methoxy groups -OCH3 is 1. The summed E-state index contributed by atoms with van der Waals surface area (Å²) in [5.74, 6) is 3.75. The number of halogens is 6. The Morgan fingerprint density at radius 3 is 1.84 bits per heavy atom. The Hall–Kier alpha value is -0.877. The summed E-state index contributed by atoms with van der Waals surface area (Å²) < 4.78 is 70.1. The largest absolute Gasteiger partial charge is 2.00 e. The van der Waals surface area contributed by atoms with Gasteiger partial charge in [0.15, 0.2) is 0 Å². The predicted molar refractivity (Wildman–Crippen MR) is 133 cm³/mol. The van der Waals surface area contributed by atoms with Crippen LogP contribution in [0.25, 0.3) is 0 Å². The van der Waals surface area contributed by atoms with Gasteiger partial charge >= 0.3 is 58.4 Å². The second kappa shape index (κ2) is 13.0. The maximum absolute atomic E-state index is 11.9. The van der Waals surface area contributed by atoms with Gasteiger partial charge < -0.3 is 9.47 Å². The molecule has 0 heterocycles. The van der Waals surface area contributed by atoms with Gasteiger partial charge in [0.2, 0.25) is 0 Å². The van der Waals surface area contributed by atoms with E-state index in [9.17, 15) is 30.0 Å². The van der Waals surface area contributed by atoms with E-state index in [0.717, 1.165) is 36.3 Å². The zero-order valence-electron chi connectivity index (χ0n) is 22.3. The molecular formula is C26H37F6O3PRu+. The van der Waals surface area contributed by atoms with Crippen LogP contribution in [-0.4, -0.2) is 19.2 Å².